The predicted octanol–water partition coefficient (Wildman–Crippen LogP) is 1.53. The summed E-state index contributed by atoms with van der Waals surface area (Å²) in [6.45, 7) is 0. The molecule has 4 fully saturated rings. The summed E-state index contributed by atoms with van der Waals surface area (Å²) in [4.78, 5) is 11.2. The van der Waals surface area contributed by atoms with Gasteiger partial charge >= 0.3 is 0 Å². The van der Waals surface area contributed by atoms with Gasteiger partial charge in [0.2, 0.25) is 0 Å². The number of fused-ring (bicyclic) bond motifs is 3. The molecule has 4 aromatic rings. The fraction of sp³-hybridized carbons (Fsp3) is 0.611. The van der Waals surface area contributed by atoms with Gasteiger partial charge in [-0.3, -0.25) is 5.10 Å². The van der Waals surface area contributed by atoms with Gasteiger partial charge in [-0.2, -0.15) is 9.90 Å². The number of nitrogens with one attached hydrogen (secondary N) is 1. The van der Waals surface area contributed by atoms with Crippen molar-refractivity contribution >= 4 is 16.7 Å². The Hall–Kier alpha value is -2.91. The Balaban J connectivity index is 1.29. The molecular formula is C18H20N10. The predicted molar refractivity (Wildman–Crippen MR) is 97.0 cm³/mol. The second-order valence-corrected chi connectivity index (χ2v) is 9.26. The van der Waals surface area contributed by atoms with Gasteiger partial charge in [-0.05, 0) is 61.0 Å². The Morgan fingerprint density at radius 1 is 1.18 bits per heavy atom. The molecule has 8 rings (SSSR count). The molecule has 1 N–H and O–H groups in total. The number of tetrazole rings is 1. The highest BCUT2D eigenvalue weighted by Crippen LogP contribution is 2.64. The van der Waals surface area contributed by atoms with Crippen LogP contribution in [0.15, 0.2) is 18.9 Å². The van der Waals surface area contributed by atoms with Crippen molar-refractivity contribution in [2.75, 3.05) is 0 Å². The van der Waals surface area contributed by atoms with Gasteiger partial charge in [0.25, 0.3) is 0 Å². The Morgan fingerprint density at radius 3 is 2.89 bits per heavy atom. The summed E-state index contributed by atoms with van der Waals surface area (Å²) in [6.07, 6.45) is 13.3. The maximum absolute atomic E-state index is 4.88. The fourth-order valence-electron chi connectivity index (χ4n) is 6.92. The SMILES string of the molecule is c1nnn(C23C[C@H]4C[C@@H](CC(Cc5nc6c7cn[nH]c7ncn6n5)(C4)C2)C3)n1. The Kier molecular flexibility index (Phi) is 2.65. The van der Waals surface area contributed by atoms with Crippen LogP contribution in [0.4, 0.5) is 0 Å². The molecule has 2 atom stereocenters. The van der Waals surface area contributed by atoms with Crippen LogP contribution in [0, 0.1) is 17.3 Å². The van der Waals surface area contributed by atoms with Crippen LogP contribution in [0.5, 0.6) is 0 Å². The van der Waals surface area contributed by atoms with E-state index >= 15 is 0 Å². The molecule has 0 spiro atoms. The molecule has 4 bridgehead atoms. The number of nitrogens with zero attached hydrogens (tertiary/aromatic N) is 9. The van der Waals surface area contributed by atoms with Gasteiger partial charge in [0.1, 0.15) is 6.33 Å². The molecule has 4 aliphatic carbocycles. The maximum Gasteiger partial charge on any atom is 0.170 e. The average Bonchev–Trinajstić information content (AvgIpc) is 3.40. The van der Waals surface area contributed by atoms with E-state index in [1.165, 1.54) is 32.1 Å². The molecule has 142 valence electrons. The van der Waals surface area contributed by atoms with Crippen molar-refractivity contribution < 1.29 is 0 Å². The standard InChI is InChI=1S/C18H20N10/c1-11-2-17(3-12(1)5-18(4-11,8-17)28-22-9-21-26-28)6-14-23-16-13-7-20-24-15(13)19-10-27(16)25-14/h7,9-12H,1-6,8H2,(H,20,24)/t11-,12-,17?,18?/m0/s1. The Morgan fingerprint density at radius 2 is 2.07 bits per heavy atom. The molecule has 0 radical (unpaired) electrons. The van der Waals surface area contributed by atoms with Crippen molar-refractivity contribution in [3.8, 4) is 0 Å². The van der Waals surface area contributed by atoms with Crippen LogP contribution in [0.3, 0.4) is 0 Å². The smallest absolute Gasteiger partial charge is 0.170 e. The number of aromatic nitrogens is 10. The first kappa shape index (κ1) is 15.1. The van der Waals surface area contributed by atoms with Gasteiger partial charge in [-0.15, -0.1) is 15.3 Å². The molecule has 4 saturated carbocycles. The zero-order chi connectivity index (χ0) is 18.3. The molecular weight excluding hydrogens is 356 g/mol. The second-order valence-electron chi connectivity index (χ2n) is 9.26. The van der Waals surface area contributed by atoms with Crippen molar-refractivity contribution in [3.05, 3.63) is 24.7 Å². The van der Waals surface area contributed by atoms with Crippen LogP contribution < -0.4 is 0 Å². The normalized spacial score (nSPS) is 34.0. The average molecular weight is 376 g/mol. The quantitative estimate of drug-likeness (QED) is 0.576. The third-order valence-electron chi connectivity index (χ3n) is 7.29. The van der Waals surface area contributed by atoms with E-state index in [2.05, 4.69) is 30.6 Å². The topological polar surface area (TPSA) is 115 Å². The van der Waals surface area contributed by atoms with E-state index in [1.807, 2.05) is 4.80 Å². The summed E-state index contributed by atoms with van der Waals surface area (Å²) in [6, 6.07) is 0. The Labute approximate surface area is 159 Å². The summed E-state index contributed by atoms with van der Waals surface area (Å²) < 4.78 is 1.78. The maximum atomic E-state index is 4.88. The number of aromatic amines is 1. The zero-order valence-electron chi connectivity index (χ0n) is 15.4. The number of rotatable bonds is 3. The second kappa shape index (κ2) is 4.92. The van der Waals surface area contributed by atoms with Gasteiger partial charge in [0, 0.05) is 6.42 Å². The van der Waals surface area contributed by atoms with Crippen LogP contribution in [-0.4, -0.2) is 50.0 Å². The molecule has 10 nitrogen and oxygen atoms in total. The molecule has 0 amide bonds. The molecule has 28 heavy (non-hydrogen) atoms. The summed E-state index contributed by atoms with van der Waals surface area (Å²) >= 11 is 0. The molecule has 0 unspecified atom stereocenters. The zero-order valence-corrected chi connectivity index (χ0v) is 15.4. The van der Waals surface area contributed by atoms with Gasteiger partial charge in [-0.1, -0.05) is 0 Å². The van der Waals surface area contributed by atoms with Crippen LogP contribution in [-0.2, 0) is 12.0 Å². The molecule has 4 aliphatic rings. The van der Waals surface area contributed by atoms with Gasteiger partial charge in [0.05, 0.1) is 17.1 Å². The van der Waals surface area contributed by atoms with Crippen molar-refractivity contribution in [2.24, 2.45) is 17.3 Å². The van der Waals surface area contributed by atoms with Crippen molar-refractivity contribution in [2.45, 2.75) is 50.5 Å². The third kappa shape index (κ3) is 1.95. The lowest BCUT2D eigenvalue weighted by atomic mass is 9.46. The molecule has 0 saturated heterocycles. The first-order valence-corrected chi connectivity index (χ1v) is 9.97. The lowest BCUT2D eigenvalue weighted by Crippen LogP contribution is -2.57. The molecule has 4 aromatic heterocycles. The summed E-state index contributed by atoms with van der Waals surface area (Å²) in [5, 5.41) is 25.4. The number of hydrogen-bond acceptors (Lipinski definition) is 7. The molecule has 0 aromatic carbocycles. The van der Waals surface area contributed by atoms with E-state index in [4.69, 9.17) is 10.1 Å². The minimum absolute atomic E-state index is 0.0269. The lowest BCUT2D eigenvalue weighted by molar-refractivity contribution is -0.112. The van der Waals surface area contributed by atoms with E-state index in [0.717, 1.165) is 47.2 Å². The molecule has 0 aliphatic heterocycles. The van der Waals surface area contributed by atoms with Crippen LogP contribution in [0.25, 0.3) is 16.7 Å². The van der Waals surface area contributed by atoms with Crippen molar-refractivity contribution in [3.63, 3.8) is 0 Å². The summed E-state index contributed by atoms with van der Waals surface area (Å²) in [5.74, 6) is 2.39. The fourth-order valence-corrected chi connectivity index (χ4v) is 6.92. The first-order chi connectivity index (χ1) is 13.7. The van der Waals surface area contributed by atoms with Crippen LogP contribution in [0.1, 0.15) is 44.3 Å². The van der Waals surface area contributed by atoms with E-state index in [-0.39, 0.29) is 11.0 Å². The minimum atomic E-state index is 0.0269. The van der Waals surface area contributed by atoms with Gasteiger partial charge in [0.15, 0.2) is 23.4 Å². The van der Waals surface area contributed by atoms with Gasteiger partial charge < -0.3 is 0 Å². The summed E-state index contributed by atoms with van der Waals surface area (Å²) in [7, 11) is 0. The van der Waals surface area contributed by atoms with E-state index < -0.39 is 0 Å². The lowest BCUT2D eigenvalue weighted by Gasteiger charge is -2.61. The van der Waals surface area contributed by atoms with Crippen molar-refractivity contribution in [1.82, 2.24) is 50.0 Å². The van der Waals surface area contributed by atoms with Crippen LogP contribution in [0.2, 0.25) is 0 Å². The highest BCUT2D eigenvalue weighted by atomic mass is 15.6. The highest BCUT2D eigenvalue weighted by Gasteiger charge is 2.59. The largest absolute Gasteiger partial charge is 0.261 e. The van der Waals surface area contributed by atoms with Crippen LogP contribution >= 0.6 is 0 Å². The van der Waals surface area contributed by atoms with Crippen molar-refractivity contribution in [1.29, 1.82) is 0 Å². The van der Waals surface area contributed by atoms with E-state index in [0.29, 0.717) is 0 Å². The number of hydrogen-bond donors (Lipinski definition) is 1. The van der Waals surface area contributed by atoms with E-state index in [1.54, 1.807) is 23.4 Å². The van der Waals surface area contributed by atoms with E-state index in [9.17, 15) is 0 Å². The first-order valence-electron chi connectivity index (χ1n) is 9.97. The Bertz CT molecular complexity index is 1170. The molecule has 4 heterocycles. The number of H-pyrrole nitrogens is 1. The highest BCUT2D eigenvalue weighted by molar-refractivity contribution is 5.87. The summed E-state index contributed by atoms with van der Waals surface area (Å²) in [5.41, 5.74) is 1.83. The monoisotopic (exact) mass is 376 g/mol. The minimum Gasteiger partial charge on any atom is -0.261 e. The van der Waals surface area contributed by atoms with Gasteiger partial charge in [-0.25, -0.2) is 14.5 Å². The third-order valence-corrected chi connectivity index (χ3v) is 7.29. The molecule has 10 heteroatoms.